The highest BCUT2D eigenvalue weighted by Crippen LogP contribution is 2.14. The highest BCUT2D eigenvalue weighted by atomic mass is 32.2. The topological polar surface area (TPSA) is 74.6 Å². The van der Waals surface area contributed by atoms with E-state index in [1.165, 1.54) is 17.3 Å². The van der Waals surface area contributed by atoms with Crippen molar-refractivity contribution in [1.29, 1.82) is 0 Å². The fourth-order valence-corrected chi connectivity index (χ4v) is 2.54. The Bertz CT molecular complexity index is 429. The minimum atomic E-state index is -3.54. The minimum absolute atomic E-state index is 0.159. The quantitative estimate of drug-likeness (QED) is 0.704. The van der Waals surface area contributed by atoms with Crippen LogP contribution in [0.2, 0.25) is 0 Å². The lowest BCUT2D eigenvalue weighted by atomic mass is 10.4. The van der Waals surface area contributed by atoms with Gasteiger partial charge in [0.1, 0.15) is 4.90 Å². The number of hydrogen-bond donors (Lipinski definition) is 2. The number of nitrogens with one attached hydrogen (secondary N) is 1. The molecule has 0 aliphatic rings. The molecule has 92 valence electrons. The molecule has 0 aromatic carbocycles. The van der Waals surface area contributed by atoms with Crippen molar-refractivity contribution < 1.29 is 13.5 Å². The van der Waals surface area contributed by atoms with Crippen LogP contribution in [-0.2, 0) is 23.2 Å². The van der Waals surface area contributed by atoms with E-state index in [-0.39, 0.29) is 11.5 Å². The zero-order chi connectivity index (χ0) is 12.3. The monoisotopic (exact) mass is 247 g/mol. The SMILES string of the molecule is CCn1cc(S(=O)(=O)NN(C)C)cc1CO. The van der Waals surface area contributed by atoms with E-state index in [0.717, 1.165) is 0 Å². The molecule has 1 rings (SSSR count). The highest BCUT2D eigenvalue weighted by Gasteiger charge is 2.18. The molecule has 6 nitrogen and oxygen atoms in total. The third-order valence-corrected chi connectivity index (χ3v) is 3.53. The molecular weight excluding hydrogens is 230 g/mol. The number of rotatable bonds is 5. The number of hydrazine groups is 1. The first-order chi connectivity index (χ1) is 7.40. The van der Waals surface area contributed by atoms with Crippen LogP contribution < -0.4 is 4.83 Å². The smallest absolute Gasteiger partial charge is 0.254 e. The van der Waals surface area contributed by atoms with Crippen LogP contribution in [0.25, 0.3) is 0 Å². The van der Waals surface area contributed by atoms with Crippen molar-refractivity contribution in [2.45, 2.75) is 25.0 Å². The molecule has 1 aromatic heterocycles. The molecule has 0 spiro atoms. The lowest BCUT2D eigenvalue weighted by Crippen LogP contribution is -2.35. The second-order valence-corrected chi connectivity index (χ2v) is 5.26. The van der Waals surface area contributed by atoms with Crippen LogP contribution in [0.3, 0.4) is 0 Å². The number of hydrogen-bond acceptors (Lipinski definition) is 4. The van der Waals surface area contributed by atoms with Gasteiger partial charge in [-0.2, -0.15) is 0 Å². The maximum Gasteiger partial charge on any atom is 0.254 e. The molecule has 7 heteroatoms. The second kappa shape index (κ2) is 4.96. The summed E-state index contributed by atoms with van der Waals surface area (Å²) in [6, 6.07) is 1.47. The van der Waals surface area contributed by atoms with Crippen molar-refractivity contribution in [3.63, 3.8) is 0 Å². The molecule has 0 aliphatic carbocycles. The molecule has 0 aliphatic heterocycles. The first-order valence-corrected chi connectivity index (χ1v) is 6.38. The van der Waals surface area contributed by atoms with Gasteiger partial charge in [-0.25, -0.2) is 13.4 Å². The average molecular weight is 247 g/mol. The number of aryl methyl sites for hydroxylation is 1. The number of aliphatic hydroxyl groups excluding tert-OH is 1. The van der Waals surface area contributed by atoms with Crippen LogP contribution in [0, 0.1) is 0 Å². The predicted octanol–water partition coefficient (Wildman–Crippen LogP) is -0.245. The number of aromatic nitrogens is 1. The van der Waals surface area contributed by atoms with E-state index < -0.39 is 10.0 Å². The van der Waals surface area contributed by atoms with E-state index in [4.69, 9.17) is 5.11 Å². The summed E-state index contributed by atoms with van der Waals surface area (Å²) >= 11 is 0. The Morgan fingerprint density at radius 2 is 2.12 bits per heavy atom. The van der Waals surface area contributed by atoms with Gasteiger partial charge in [0.2, 0.25) is 0 Å². The summed E-state index contributed by atoms with van der Waals surface area (Å²) in [6.07, 6.45) is 1.51. The molecular formula is C9H17N3O3S. The van der Waals surface area contributed by atoms with E-state index in [1.807, 2.05) is 6.92 Å². The summed E-state index contributed by atoms with van der Waals surface area (Å²) in [5.74, 6) is 0. The Balaban J connectivity index is 3.09. The zero-order valence-electron chi connectivity index (χ0n) is 9.64. The maximum atomic E-state index is 11.8. The summed E-state index contributed by atoms with van der Waals surface area (Å²) in [5, 5.41) is 10.4. The van der Waals surface area contributed by atoms with Gasteiger partial charge in [-0.3, -0.25) is 0 Å². The maximum absolute atomic E-state index is 11.8. The van der Waals surface area contributed by atoms with E-state index in [9.17, 15) is 8.42 Å². The lowest BCUT2D eigenvalue weighted by molar-refractivity contribution is 0.271. The summed E-state index contributed by atoms with van der Waals surface area (Å²) in [7, 11) is -0.340. The van der Waals surface area contributed by atoms with Crippen molar-refractivity contribution in [3.8, 4) is 0 Å². The lowest BCUT2D eigenvalue weighted by Gasteiger charge is -2.10. The van der Waals surface area contributed by atoms with Gasteiger partial charge in [-0.15, -0.1) is 4.83 Å². The molecule has 0 saturated heterocycles. The van der Waals surface area contributed by atoms with Crippen LogP contribution in [0.1, 0.15) is 12.6 Å². The van der Waals surface area contributed by atoms with E-state index in [2.05, 4.69) is 4.83 Å². The van der Waals surface area contributed by atoms with Gasteiger partial charge in [0.25, 0.3) is 10.0 Å². The number of aliphatic hydroxyl groups is 1. The van der Waals surface area contributed by atoms with Crippen LogP contribution in [0.4, 0.5) is 0 Å². The Morgan fingerprint density at radius 1 is 1.50 bits per heavy atom. The van der Waals surface area contributed by atoms with Crippen LogP contribution >= 0.6 is 0 Å². The van der Waals surface area contributed by atoms with Crippen molar-refractivity contribution in [2.75, 3.05) is 14.1 Å². The van der Waals surface area contributed by atoms with Gasteiger partial charge < -0.3 is 9.67 Å². The van der Waals surface area contributed by atoms with Gasteiger partial charge in [0.05, 0.1) is 6.61 Å². The molecule has 0 bridgehead atoms. The average Bonchev–Trinajstić information content (AvgIpc) is 2.59. The highest BCUT2D eigenvalue weighted by molar-refractivity contribution is 7.89. The van der Waals surface area contributed by atoms with Crippen molar-refractivity contribution in [3.05, 3.63) is 18.0 Å². The van der Waals surface area contributed by atoms with Crippen LogP contribution in [0.5, 0.6) is 0 Å². The standard InChI is InChI=1S/C9H17N3O3S/c1-4-12-6-9(5-8(12)7-13)16(14,15)10-11(2)3/h5-6,10,13H,4,7H2,1-3H3. The van der Waals surface area contributed by atoms with Gasteiger partial charge in [-0.05, 0) is 13.0 Å². The normalized spacial score (nSPS) is 12.3. The predicted molar refractivity (Wildman–Crippen MR) is 60.0 cm³/mol. The fourth-order valence-electron chi connectivity index (χ4n) is 1.39. The third-order valence-electron chi connectivity index (χ3n) is 2.08. The molecule has 1 aromatic rings. The second-order valence-electron chi connectivity index (χ2n) is 3.60. The Kier molecular flexibility index (Phi) is 4.09. The summed E-state index contributed by atoms with van der Waals surface area (Å²) in [4.78, 5) is 2.49. The van der Waals surface area contributed by atoms with Crippen molar-refractivity contribution in [1.82, 2.24) is 14.4 Å². The van der Waals surface area contributed by atoms with Crippen LogP contribution in [0.15, 0.2) is 17.2 Å². The molecule has 0 amide bonds. The van der Waals surface area contributed by atoms with E-state index >= 15 is 0 Å². The summed E-state index contributed by atoms with van der Waals surface area (Å²) in [6.45, 7) is 2.33. The van der Waals surface area contributed by atoms with Crippen molar-refractivity contribution in [2.24, 2.45) is 0 Å². The molecule has 0 atom stereocenters. The Labute approximate surface area is 95.5 Å². The van der Waals surface area contributed by atoms with Gasteiger partial charge in [0, 0.05) is 32.5 Å². The molecule has 0 saturated carbocycles. The first-order valence-electron chi connectivity index (χ1n) is 4.90. The molecule has 0 radical (unpaired) electrons. The van der Waals surface area contributed by atoms with Crippen LogP contribution in [-0.4, -0.2) is 37.2 Å². The zero-order valence-corrected chi connectivity index (χ0v) is 10.5. The molecule has 1 heterocycles. The van der Waals surface area contributed by atoms with Crippen molar-refractivity contribution >= 4 is 10.0 Å². The fraction of sp³-hybridized carbons (Fsp3) is 0.556. The number of sulfonamides is 1. The molecule has 2 N–H and O–H groups in total. The number of nitrogens with zero attached hydrogens (tertiary/aromatic N) is 2. The minimum Gasteiger partial charge on any atom is -0.390 e. The van der Waals surface area contributed by atoms with E-state index in [1.54, 1.807) is 18.7 Å². The molecule has 0 unspecified atom stereocenters. The Hall–Kier alpha value is -0.890. The largest absolute Gasteiger partial charge is 0.390 e. The molecule has 0 fully saturated rings. The molecule has 16 heavy (non-hydrogen) atoms. The Morgan fingerprint density at radius 3 is 2.50 bits per heavy atom. The van der Waals surface area contributed by atoms with Gasteiger partial charge >= 0.3 is 0 Å². The van der Waals surface area contributed by atoms with Gasteiger partial charge in [0.15, 0.2) is 0 Å². The van der Waals surface area contributed by atoms with Gasteiger partial charge in [-0.1, -0.05) is 0 Å². The summed E-state index contributed by atoms with van der Waals surface area (Å²) in [5.41, 5.74) is 0.585. The summed E-state index contributed by atoms with van der Waals surface area (Å²) < 4.78 is 25.3. The van der Waals surface area contributed by atoms with E-state index in [0.29, 0.717) is 12.2 Å². The first kappa shape index (κ1) is 13.2. The third kappa shape index (κ3) is 2.82.